The molecule has 0 saturated carbocycles. The van der Waals surface area contributed by atoms with Gasteiger partial charge < -0.3 is 14.6 Å². The Morgan fingerprint density at radius 1 is 1.32 bits per heavy atom. The first-order valence-electron chi connectivity index (χ1n) is 5.62. The summed E-state index contributed by atoms with van der Waals surface area (Å²) >= 11 is 0. The lowest BCUT2D eigenvalue weighted by Crippen LogP contribution is -2.15. The van der Waals surface area contributed by atoms with E-state index in [2.05, 4.69) is 15.5 Å². The van der Waals surface area contributed by atoms with Crippen molar-refractivity contribution in [2.75, 3.05) is 13.2 Å². The molecule has 1 aromatic carbocycles. The Balaban J connectivity index is 1.98. The Labute approximate surface area is 107 Å². The molecule has 8 nitrogen and oxygen atoms in total. The van der Waals surface area contributed by atoms with Gasteiger partial charge in [0.1, 0.15) is 19.8 Å². The summed E-state index contributed by atoms with van der Waals surface area (Å²) in [5.74, 6) is 0.631. The Morgan fingerprint density at radius 3 is 2.89 bits per heavy atom. The van der Waals surface area contributed by atoms with Crippen molar-refractivity contribution in [3.05, 3.63) is 18.2 Å². The maximum Gasteiger partial charge on any atom is 0.325 e. The molecule has 2 heterocycles. The normalized spacial score (nSPS) is 13.3. The van der Waals surface area contributed by atoms with E-state index >= 15 is 0 Å². The second kappa shape index (κ2) is 4.56. The van der Waals surface area contributed by atoms with Gasteiger partial charge in [-0.25, -0.2) is 4.68 Å². The fourth-order valence-corrected chi connectivity index (χ4v) is 1.83. The third kappa shape index (κ3) is 2.19. The van der Waals surface area contributed by atoms with Crippen molar-refractivity contribution in [3.8, 4) is 22.9 Å². The molecule has 0 fully saturated rings. The van der Waals surface area contributed by atoms with Crippen molar-refractivity contribution >= 4 is 5.97 Å². The lowest BCUT2D eigenvalue weighted by atomic mass is 10.2. The first-order chi connectivity index (χ1) is 9.24. The number of tetrazole rings is 1. The van der Waals surface area contributed by atoms with Gasteiger partial charge in [-0.2, -0.15) is 0 Å². The third-order valence-corrected chi connectivity index (χ3v) is 2.62. The molecule has 1 aliphatic heterocycles. The van der Waals surface area contributed by atoms with Crippen LogP contribution in [0.15, 0.2) is 18.2 Å². The number of benzene rings is 1. The van der Waals surface area contributed by atoms with Crippen LogP contribution in [-0.4, -0.2) is 44.5 Å². The largest absolute Gasteiger partial charge is 0.486 e. The second-order valence-electron chi connectivity index (χ2n) is 3.91. The fourth-order valence-electron chi connectivity index (χ4n) is 1.83. The molecule has 1 aromatic heterocycles. The number of ether oxygens (including phenoxy) is 2. The molecule has 0 amide bonds. The zero-order valence-electron chi connectivity index (χ0n) is 9.81. The summed E-state index contributed by atoms with van der Waals surface area (Å²) in [6, 6.07) is 5.25. The van der Waals surface area contributed by atoms with Crippen LogP contribution in [0.3, 0.4) is 0 Å². The van der Waals surface area contributed by atoms with Gasteiger partial charge in [-0.15, -0.1) is 5.10 Å². The van der Waals surface area contributed by atoms with Crippen LogP contribution >= 0.6 is 0 Å². The average molecular weight is 262 g/mol. The van der Waals surface area contributed by atoms with Crippen molar-refractivity contribution in [2.24, 2.45) is 0 Å². The van der Waals surface area contributed by atoms with Crippen LogP contribution in [0.2, 0.25) is 0 Å². The van der Waals surface area contributed by atoms with Gasteiger partial charge in [0.25, 0.3) is 0 Å². The van der Waals surface area contributed by atoms with Gasteiger partial charge in [-0.05, 0) is 28.6 Å². The van der Waals surface area contributed by atoms with Crippen molar-refractivity contribution in [2.45, 2.75) is 6.54 Å². The van der Waals surface area contributed by atoms with Gasteiger partial charge >= 0.3 is 5.97 Å². The number of carboxylic acids is 1. The van der Waals surface area contributed by atoms with E-state index in [0.29, 0.717) is 36.1 Å². The van der Waals surface area contributed by atoms with Crippen molar-refractivity contribution < 1.29 is 19.4 Å². The molecule has 1 aliphatic rings. The molecule has 0 saturated heterocycles. The zero-order valence-corrected chi connectivity index (χ0v) is 9.81. The van der Waals surface area contributed by atoms with Crippen molar-refractivity contribution in [3.63, 3.8) is 0 Å². The molecule has 3 rings (SSSR count). The highest BCUT2D eigenvalue weighted by Crippen LogP contribution is 2.33. The lowest BCUT2D eigenvalue weighted by molar-refractivity contribution is -0.137. The molecule has 0 unspecified atom stereocenters. The molecule has 0 atom stereocenters. The lowest BCUT2D eigenvalue weighted by Gasteiger charge is -2.18. The van der Waals surface area contributed by atoms with Crippen molar-refractivity contribution in [1.29, 1.82) is 0 Å². The first kappa shape index (κ1) is 11.5. The van der Waals surface area contributed by atoms with E-state index in [-0.39, 0.29) is 6.54 Å². The minimum Gasteiger partial charge on any atom is -0.486 e. The van der Waals surface area contributed by atoms with Gasteiger partial charge in [-0.1, -0.05) is 0 Å². The number of carbonyl (C=O) groups is 1. The maximum atomic E-state index is 10.7. The smallest absolute Gasteiger partial charge is 0.325 e. The van der Waals surface area contributed by atoms with Crippen LogP contribution in [0.25, 0.3) is 11.4 Å². The van der Waals surface area contributed by atoms with Gasteiger partial charge in [0.2, 0.25) is 0 Å². The number of aromatic nitrogens is 4. The standard InChI is InChI=1S/C11H10N4O4/c16-10(17)6-15-11(12-13-14-15)7-1-2-8-9(5-7)19-4-3-18-8/h1-2,5H,3-4,6H2,(H,16,17). The predicted molar refractivity (Wildman–Crippen MR) is 61.9 cm³/mol. The summed E-state index contributed by atoms with van der Waals surface area (Å²) in [5.41, 5.74) is 0.676. The molecule has 19 heavy (non-hydrogen) atoms. The van der Waals surface area contributed by atoms with E-state index in [1.54, 1.807) is 18.2 Å². The molecular formula is C11H10N4O4. The minimum atomic E-state index is -1.01. The van der Waals surface area contributed by atoms with E-state index in [1.807, 2.05) is 0 Å². The van der Waals surface area contributed by atoms with Crippen LogP contribution in [0.5, 0.6) is 11.5 Å². The van der Waals surface area contributed by atoms with Gasteiger partial charge in [0, 0.05) is 5.56 Å². The topological polar surface area (TPSA) is 99.4 Å². The van der Waals surface area contributed by atoms with E-state index < -0.39 is 5.97 Å². The van der Waals surface area contributed by atoms with Gasteiger partial charge in [-0.3, -0.25) is 4.79 Å². The molecule has 1 N–H and O–H groups in total. The molecule has 2 aromatic rings. The molecule has 98 valence electrons. The Morgan fingerprint density at radius 2 is 2.11 bits per heavy atom. The van der Waals surface area contributed by atoms with E-state index in [4.69, 9.17) is 14.6 Å². The molecule has 0 radical (unpaired) electrons. The monoisotopic (exact) mass is 262 g/mol. The highest BCUT2D eigenvalue weighted by molar-refractivity contribution is 5.68. The summed E-state index contributed by atoms with van der Waals surface area (Å²) < 4.78 is 12.1. The average Bonchev–Trinajstić information content (AvgIpc) is 2.85. The van der Waals surface area contributed by atoms with Crippen LogP contribution < -0.4 is 9.47 Å². The molecule has 0 spiro atoms. The molecular weight excluding hydrogens is 252 g/mol. The summed E-state index contributed by atoms with van der Waals surface area (Å²) in [5, 5.41) is 19.8. The first-order valence-corrected chi connectivity index (χ1v) is 5.62. The van der Waals surface area contributed by atoms with Crippen LogP contribution in [0, 0.1) is 0 Å². The number of hydrogen-bond acceptors (Lipinski definition) is 6. The summed E-state index contributed by atoms with van der Waals surface area (Å²) in [6.07, 6.45) is 0. The Kier molecular flexibility index (Phi) is 2.75. The maximum absolute atomic E-state index is 10.7. The number of hydrogen-bond donors (Lipinski definition) is 1. The Hall–Kier alpha value is -2.64. The number of nitrogens with zero attached hydrogens (tertiary/aromatic N) is 4. The summed E-state index contributed by atoms with van der Waals surface area (Å²) in [4.78, 5) is 10.7. The van der Waals surface area contributed by atoms with Gasteiger partial charge in [0.15, 0.2) is 17.3 Å². The zero-order chi connectivity index (χ0) is 13.2. The molecule has 8 heteroatoms. The third-order valence-electron chi connectivity index (χ3n) is 2.62. The highest BCUT2D eigenvalue weighted by Gasteiger charge is 2.16. The number of aliphatic carboxylic acids is 1. The molecule has 0 aliphatic carbocycles. The Bertz CT molecular complexity index is 625. The van der Waals surface area contributed by atoms with E-state index in [0.717, 1.165) is 0 Å². The van der Waals surface area contributed by atoms with Crippen LogP contribution in [-0.2, 0) is 11.3 Å². The minimum absolute atomic E-state index is 0.295. The number of fused-ring (bicyclic) bond motifs is 1. The molecule has 0 bridgehead atoms. The highest BCUT2D eigenvalue weighted by atomic mass is 16.6. The number of carboxylic acid groups (broad SMARTS) is 1. The van der Waals surface area contributed by atoms with Gasteiger partial charge in [0.05, 0.1) is 0 Å². The van der Waals surface area contributed by atoms with Crippen LogP contribution in [0.1, 0.15) is 0 Å². The quantitative estimate of drug-likeness (QED) is 0.843. The fraction of sp³-hybridized carbons (Fsp3) is 0.273. The predicted octanol–water partition coefficient (Wildman–Crippen LogP) is 0.196. The van der Waals surface area contributed by atoms with E-state index in [1.165, 1.54) is 4.68 Å². The number of rotatable bonds is 3. The summed E-state index contributed by atoms with van der Waals surface area (Å²) in [7, 11) is 0. The SMILES string of the molecule is O=C(O)Cn1nnnc1-c1ccc2c(c1)OCCO2. The summed E-state index contributed by atoms with van der Waals surface area (Å²) in [6.45, 7) is 0.705. The van der Waals surface area contributed by atoms with Crippen LogP contribution in [0.4, 0.5) is 0 Å². The van der Waals surface area contributed by atoms with Crippen molar-refractivity contribution in [1.82, 2.24) is 20.2 Å². The second-order valence-corrected chi connectivity index (χ2v) is 3.91. The van der Waals surface area contributed by atoms with E-state index in [9.17, 15) is 4.79 Å².